The van der Waals surface area contributed by atoms with Crippen molar-refractivity contribution in [1.29, 1.82) is 0 Å². The third kappa shape index (κ3) is 6.49. The summed E-state index contributed by atoms with van der Waals surface area (Å²) < 4.78 is 10.2. The predicted molar refractivity (Wildman–Crippen MR) is 91.5 cm³/mol. The van der Waals surface area contributed by atoms with E-state index in [0.29, 0.717) is 18.6 Å². The number of hydrogen-bond acceptors (Lipinski definition) is 6. The summed E-state index contributed by atoms with van der Waals surface area (Å²) in [5.74, 6) is -0.977. The van der Waals surface area contributed by atoms with Gasteiger partial charge < -0.3 is 14.5 Å². The lowest BCUT2D eigenvalue weighted by Crippen LogP contribution is -2.20. The number of hydrogen-bond donors (Lipinski definition) is 2. The fraction of sp³-hybridized carbons (Fsp3) is 0.500. The van der Waals surface area contributed by atoms with Crippen LogP contribution in [0.25, 0.3) is 0 Å². The van der Waals surface area contributed by atoms with E-state index in [0.717, 1.165) is 19.3 Å². The van der Waals surface area contributed by atoms with Gasteiger partial charge in [0.25, 0.3) is 5.56 Å². The maximum atomic E-state index is 11.9. The van der Waals surface area contributed by atoms with Gasteiger partial charge in [0.1, 0.15) is 5.69 Å². The Labute approximate surface area is 145 Å². The molecule has 0 unspecified atom stereocenters. The number of carbonyl (C=O) groups is 2. The zero-order chi connectivity index (χ0) is 18.1. The van der Waals surface area contributed by atoms with Gasteiger partial charge in [-0.25, -0.2) is 9.59 Å². The smallest absolute Gasteiger partial charge is 0.355 e. The van der Waals surface area contributed by atoms with E-state index in [4.69, 9.17) is 21.7 Å². The van der Waals surface area contributed by atoms with Crippen molar-refractivity contribution in [3.05, 3.63) is 38.5 Å². The van der Waals surface area contributed by atoms with Gasteiger partial charge in [-0.15, -0.1) is 0 Å². The minimum Gasteiger partial charge on any atom is -0.462 e. The van der Waals surface area contributed by atoms with Crippen molar-refractivity contribution in [2.45, 2.75) is 39.5 Å². The van der Waals surface area contributed by atoms with Crippen LogP contribution in [0.5, 0.6) is 0 Å². The molecular formula is C16H22N2O5S. The lowest BCUT2D eigenvalue weighted by molar-refractivity contribution is -0.139. The Balaban J connectivity index is 2.23. The van der Waals surface area contributed by atoms with Crippen LogP contribution in [0.1, 0.15) is 48.7 Å². The standard InChI is InChI=1S/C16H22N2O5S/c1-10(2)14(20)22-8-6-4-5-7-9-23-15(21)12-11(3)13(19)18-16(24)17-12/h1,4-9H2,2-3H3,(H2,17,18,19,24). The first-order valence-corrected chi connectivity index (χ1v) is 8.06. The molecule has 0 aliphatic carbocycles. The molecule has 1 aromatic rings. The Morgan fingerprint density at radius 3 is 2.25 bits per heavy atom. The van der Waals surface area contributed by atoms with E-state index >= 15 is 0 Å². The van der Waals surface area contributed by atoms with Crippen LogP contribution in [0.15, 0.2) is 16.9 Å². The van der Waals surface area contributed by atoms with E-state index in [2.05, 4.69) is 16.5 Å². The van der Waals surface area contributed by atoms with Crippen molar-refractivity contribution in [3.8, 4) is 0 Å². The number of rotatable bonds is 9. The molecule has 1 rings (SSSR count). The number of esters is 2. The van der Waals surface area contributed by atoms with Crippen LogP contribution in [-0.2, 0) is 14.3 Å². The van der Waals surface area contributed by atoms with Gasteiger partial charge in [0.15, 0.2) is 4.77 Å². The van der Waals surface area contributed by atoms with Crippen molar-refractivity contribution in [2.75, 3.05) is 13.2 Å². The Morgan fingerprint density at radius 2 is 1.67 bits per heavy atom. The van der Waals surface area contributed by atoms with Crippen molar-refractivity contribution in [2.24, 2.45) is 0 Å². The molecule has 0 aliphatic heterocycles. The maximum Gasteiger partial charge on any atom is 0.355 e. The number of unbranched alkanes of at least 4 members (excludes halogenated alkanes) is 3. The zero-order valence-electron chi connectivity index (χ0n) is 13.9. The fourth-order valence-electron chi connectivity index (χ4n) is 1.84. The average Bonchev–Trinajstić information content (AvgIpc) is 2.52. The largest absolute Gasteiger partial charge is 0.462 e. The number of ether oxygens (including phenoxy) is 2. The molecule has 0 saturated carbocycles. The molecule has 0 bridgehead atoms. The van der Waals surface area contributed by atoms with Crippen LogP contribution < -0.4 is 5.56 Å². The molecule has 0 aliphatic rings. The number of carbonyl (C=O) groups excluding carboxylic acids is 2. The lowest BCUT2D eigenvalue weighted by atomic mass is 10.2. The molecule has 0 aromatic carbocycles. The third-order valence-corrected chi connectivity index (χ3v) is 3.44. The minimum absolute atomic E-state index is 0.0791. The molecule has 7 nitrogen and oxygen atoms in total. The molecule has 0 saturated heterocycles. The van der Waals surface area contributed by atoms with E-state index in [1.165, 1.54) is 6.92 Å². The van der Waals surface area contributed by atoms with Gasteiger partial charge in [-0.2, -0.15) is 0 Å². The Bertz CT molecular complexity index is 720. The molecule has 24 heavy (non-hydrogen) atoms. The first-order chi connectivity index (χ1) is 11.3. The van der Waals surface area contributed by atoms with Crippen molar-refractivity contribution < 1.29 is 19.1 Å². The van der Waals surface area contributed by atoms with Gasteiger partial charge >= 0.3 is 11.9 Å². The van der Waals surface area contributed by atoms with E-state index in [1.54, 1.807) is 6.92 Å². The van der Waals surface area contributed by atoms with Crippen LogP contribution >= 0.6 is 12.2 Å². The van der Waals surface area contributed by atoms with E-state index < -0.39 is 11.5 Å². The second-order valence-corrected chi connectivity index (χ2v) is 5.78. The number of nitrogens with one attached hydrogen (secondary N) is 2. The third-order valence-electron chi connectivity index (χ3n) is 3.24. The van der Waals surface area contributed by atoms with Gasteiger partial charge in [0, 0.05) is 11.1 Å². The Morgan fingerprint density at radius 1 is 1.08 bits per heavy atom. The second-order valence-electron chi connectivity index (χ2n) is 5.37. The molecular weight excluding hydrogens is 332 g/mol. The summed E-state index contributed by atoms with van der Waals surface area (Å²) >= 11 is 4.83. The predicted octanol–water partition coefficient (Wildman–Crippen LogP) is 2.58. The van der Waals surface area contributed by atoms with Crippen LogP contribution in [-0.4, -0.2) is 35.1 Å². The highest BCUT2D eigenvalue weighted by Gasteiger charge is 2.13. The summed E-state index contributed by atoms with van der Waals surface area (Å²) in [6.45, 7) is 7.23. The SMILES string of the molecule is C=C(C)C(=O)OCCCCCCOC(=O)c1[nH]c(=S)[nH]c(=O)c1C. The van der Waals surface area contributed by atoms with Crippen LogP contribution in [0.2, 0.25) is 0 Å². The lowest BCUT2D eigenvalue weighted by Gasteiger charge is -2.07. The van der Waals surface area contributed by atoms with Gasteiger partial charge in [0.05, 0.1) is 13.2 Å². The highest BCUT2D eigenvalue weighted by Crippen LogP contribution is 2.05. The Kier molecular flexibility index (Phi) is 8.11. The van der Waals surface area contributed by atoms with E-state index in [1.807, 2.05) is 0 Å². The number of aromatic amines is 2. The normalized spacial score (nSPS) is 10.2. The van der Waals surface area contributed by atoms with Crippen molar-refractivity contribution in [3.63, 3.8) is 0 Å². The molecule has 0 atom stereocenters. The van der Waals surface area contributed by atoms with Gasteiger partial charge in [0.2, 0.25) is 0 Å². The molecule has 0 spiro atoms. The minimum atomic E-state index is -0.597. The summed E-state index contributed by atoms with van der Waals surface area (Å²) in [4.78, 5) is 39.6. The van der Waals surface area contributed by atoms with Crippen LogP contribution in [0.4, 0.5) is 0 Å². The zero-order valence-corrected chi connectivity index (χ0v) is 14.7. The highest BCUT2D eigenvalue weighted by atomic mass is 32.1. The van der Waals surface area contributed by atoms with Gasteiger partial charge in [-0.3, -0.25) is 9.78 Å². The summed E-state index contributed by atoms with van der Waals surface area (Å²) in [6.07, 6.45) is 3.12. The summed E-state index contributed by atoms with van der Waals surface area (Å²) in [6, 6.07) is 0. The van der Waals surface area contributed by atoms with Gasteiger partial charge in [-0.1, -0.05) is 6.58 Å². The molecule has 0 fully saturated rings. The molecule has 1 aromatic heterocycles. The number of aromatic nitrogens is 2. The van der Waals surface area contributed by atoms with Crippen LogP contribution in [0, 0.1) is 11.7 Å². The van der Waals surface area contributed by atoms with Crippen molar-refractivity contribution in [1.82, 2.24) is 9.97 Å². The fourth-order valence-corrected chi connectivity index (χ4v) is 2.03. The summed E-state index contributed by atoms with van der Waals surface area (Å²) in [7, 11) is 0. The summed E-state index contributed by atoms with van der Waals surface area (Å²) in [5, 5.41) is 0. The van der Waals surface area contributed by atoms with E-state index in [-0.39, 0.29) is 28.6 Å². The summed E-state index contributed by atoms with van der Waals surface area (Å²) in [5.41, 5.74) is 0.300. The molecule has 8 heteroatoms. The first kappa shape index (κ1) is 19.8. The topological polar surface area (TPSA) is 101 Å². The van der Waals surface area contributed by atoms with E-state index in [9.17, 15) is 14.4 Å². The molecule has 2 N–H and O–H groups in total. The van der Waals surface area contributed by atoms with Gasteiger partial charge in [-0.05, 0) is 51.7 Å². The quantitative estimate of drug-likeness (QED) is 0.306. The average molecular weight is 354 g/mol. The Hall–Kier alpha value is -2.22. The first-order valence-electron chi connectivity index (χ1n) is 7.66. The number of H-pyrrole nitrogens is 2. The molecule has 132 valence electrons. The van der Waals surface area contributed by atoms with Crippen molar-refractivity contribution >= 4 is 24.2 Å². The van der Waals surface area contributed by atoms with Crippen LogP contribution in [0.3, 0.4) is 0 Å². The maximum absolute atomic E-state index is 11.9. The monoisotopic (exact) mass is 354 g/mol. The molecule has 0 radical (unpaired) electrons. The highest BCUT2D eigenvalue weighted by molar-refractivity contribution is 7.71. The molecule has 0 amide bonds. The molecule has 1 heterocycles. The second kappa shape index (κ2) is 9.82.